The Labute approximate surface area is 354 Å². The molecule has 0 aliphatic carbocycles. The molecule has 0 atom stereocenters. The van der Waals surface area contributed by atoms with Gasteiger partial charge in [-0.1, -0.05) is 84.9 Å². The lowest BCUT2D eigenvalue weighted by Gasteiger charge is -2.27. The zero-order valence-corrected chi connectivity index (χ0v) is 37.1. The van der Waals surface area contributed by atoms with Crippen LogP contribution in [0.2, 0.25) is 0 Å². The second kappa shape index (κ2) is 14.9. The van der Waals surface area contributed by atoms with Crippen molar-refractivity contribution < 1.29 is 9.05 Å². The molecule has 10 aromatic rings. The molecule has 0 saturated heterocycles. The van der Waals surface area contributed by atoms with Gasteiger partial charge in [-0.15, -0.1) is 0 Å². The van der Waals surface area contributed by atoms with E-state index in [9.17, 15) is 0 Å². The first-order chi connectivity index (χ1) is 29.0. The summed E-state index contributed by atoms with van der Waals surface area (Å²) in [5, 5.41) is 4.89. The molecule has 0 spiro atoms. The van der Waals surface area contributed by atoms with Crippen LogP contribution in [0.25, 0.3) is 54.7 Å². The summed E-state index contributed by atoms with van der Waals surface area (Å²) in [5.74, 6) is 1.70. The van der Waals surface area contributed by atoms with Crippen LogP contribution < -0.4 is 9.05 Å². The Morgan fingerprint density at radius 2 is 0.600 bits per heavy atom. The summed E-state index contributed by atoms with van der Waals surface area (Å²) in [7, 11) is -2.95. The fraction of sp³-hybridized carbons (Fsp3) is 0.154. The summed E-state index contributed by atoms with van der Waals surface area (Å²) in [6, 6.07) is 43.7. The summed E-state index contributed by atoms with van der Waals surface area (Å²) in [5.41, 5.74) is 16.0. The van der Waals surface area contributed by atoms with Crippen molar-refractivity contribution in [3.8, 4) is 22.6 Å². The van der Waals surface area contributed by atoms with Crippen molar-refractivity contribution in [3.05, 3.63) is 191 Å². The van der Waals surface area contributed by atoms with Crippen molar-refractivity contribution in [1.29, 1.82) is 0 Å². The number of nitrogens with zero attached hydrogens (tertiary/aromatic N) is 4. The predicted molar refractivity (Wildman–Crippen MR) is 254 cm³/mol. The third kappa shape index (κ3) is 6.33. The summed E-state index contributed by atoms with van der Waals surface area (Å²) in [6.45, 7) is 17.5. The summed E-state index contributed by atoms with van der Waals surface area (Å²) in [6.07, 6.45) is 9.04. The number of hydrogen-bond acceptors (Lipinski definition) is 2. The van der Waals surface area contributed by atoms with Crippen LogP contribution in [0.15, 0.2) is 146 Å². The summed E-state index contributed by atoms with van der Waals surface area (Å²) >= 11 is 0. The Morgan fingerprint density at radius 1 is 0.333 bits per heavy atom. The quantitative estimate of drug-likeness (QED) is 0.136. The Hall–Kier alpha value is -6.06. The first kappa shape index (κ1) is 38.2. The molecule has 0 N–H and O–H groups in total. The Balaban J connectivity index is 1.19. The molecular weight excluding hydrogens is 775 g/mol. The number of rotatable bonds is 9. The van der Waals surface area contributed by atoms with E-state index in [4.69, 9.17) is 9.05 Å². The van der Waals surface area contributed by atoms with Gasteiger partial charge < -0.3 is 9.05 Å². The van der Waals surface area contributed by atoms with Gasteiger partial charge in [-0.25, -0.2) is 0 Å². The van der Waals surface area contributed by atoms with Gasteiger partial charge in [0, 0.05) is 57.5 Å². The normalized spacial score (nSPS) is 12.0. The standard InChI is InChI=1S/C52H48N4O2P2/c1-33-25-35(3)51(57-59(53-29-37(5)41-17-9-13-21-47(41)53)54-30-38(6)42-18-10-14-22-48(42)54)45(27-33)46-28-34(2)26-36(4)52(46)58-60(55-31-39(7)43-19-11-15-23-49(43)55)56-32-40(8)44-20-12-16-24-50(44)56/h9-32H,1-8H3. The average molecular weight is 823 g/mol. The second-order valence-corrected chi connectivity index (χ2v) is 19.4. The smallest absolute Gasteiger partial charge is 0.318 e. The molecule has 0 amide bonds. The van der Waals surface area contributed by atoms with Crippen molar-refractivity contribution in [2.45, 2.75) is 55.4 Å². The zero-order chi connectivity index (χ0) is 41.4. The minimum Gasteiger partial charge on any atom is -0.435 e. The van der Waals surface area contributed by atoms with Crippen LogP contribution >= 0.6 is 16.9 Å². The van der Waals surface area contributed by atoms with Gasteiger partial charge in [0.25, 0.3) is 0 Å². The van der Waals surface area contributed by atoms with E-state index in [-0.39, 0.29) is 0 Å². The van der Waals surface area contributed by atoms with Gasteiger partial charge in [-0.2, -0.15) is 0 Å². The number of hydrogen-bond donors (Lipinski definition) is 0. The SMILES string of the molecule is Cc1cc(C)c(OP(n2cc(C)c3ccccc32)n2cc(C)c3ccccc32)c(-c2cc(C)cc(C)c2OP(n2cc(C)c3ccccc32)n2cc(C)c3ccccc32)c1. The lowest BCUT2D eigenvalue weighted by Crippen LogP contribution is -2.09. The maximum atomic E-state index is 7.66. The molecule has 6 aromatic carbocycles. The molecule has 298 valence electrons. The van der Waals surface area contributed by atoms with Crippen LogP contribution in [0, 0.1) is 55.4 Å². The molecular formula is C52H48N4O2P2. The van der Waals surface area contributed by atoms with E-state index in [0.29, 0.717) is 0 Å². The van der Waals surface area contributed by atoms with E-state index < -0.39 is 16.9 Å². The first-order valence-electron chi connectivity index (χ1n) is 20.5. The lowest BCUT2D eigenvalue weighted by atomic mass is 9.95. The van der Waals surface area contributed by atoms with Gasteiger partial charge in [-0.3, -0.25) is 17.4 Å². The first-order valence-corrected chi connectivity index (χ1v) is 22.9. The molecule has 0 radical (unpaired) electrons. The highest BCUT2D eigenvalue weighted by Crippen LogP contribution is 2.55. The van der Waals surface area contributed by atoms with E-state index >= 15 is 0 Å². The zero-order valence-electron chi connectivity index (χ0n) is 35.4. The van der Waals surface area contributed by atoms with Crippen LogP contribution in [0.4, 0.5) is 0 Å². The Bertz CT molecular complexity index is 2910. The van der Waals surface area contributed by atoms with Crippen LogP contribution in [0.5, 0.6) is 11.5 Å². The van der Waals surface area contributed by atoms with Gasteiger partial charge in [0.2, 0.25) is 0 Å². The maximum Gasteiger partial charge on any atom is 0.318 e. The molecule has 0 bridgehead atoms. The highest BCUT2D eigenvalue weighted by atomic mass is 31.2. The summed E-state index contributed by atoms with van der Waals surface area (Å²) < 4.78 is 24.7. The molecule has 4 aromatic heterocycles. The van der Waals surface area contributed by atoms with E-state index in [0.717, 1.165) is 66.9 Å². The maximum absolute atomic E-state index is 7.66. The lowest BCUT2D eigenvalue weighted by molar-refractivity contribution is 0.584. The van der Waals surface area contributed by atoms with Gasteiger partial charge in [0.05, 0.1) is 22.1 Å². The van der Waals surface area contributed by atoms with Crippen molar-refractivity contribution >= 4 is 60.5 Å². The molecule has 6 nitrogen and oxygen atoms in total. The van der Waals surface area contributed by atoms with Crippen molar-refractivity contribution in [3.63, 3.8) is 0 Å². The van der Waals surface area contributed by atoms with E-state index in [1.165, 1.54) is 43.8 Å². The molecule has 60 heavy (non-hydrogen) atoms. The van der Waals surface area contributed by atoms with Crippen molar-refractivity contribution in [2.75, 3.05) is 0 Å². The van der Waals surface area contributed by atoms with Crippen LogP contribution in [-0.4, -0.2) is 17.4 Å². The molecule has 8 heteroatoms. The third-order valence-electron chi connectivity index (χ3n) is 11.8. The average Bonchev–Trinajstić information content (AvgIpc) is 3.97. The largest absolute Gasteiger partial charge is 0.435 e. The molecule has 0 unspecified atom stereocenters. The van der Waals surface area contributed by atoms with Crippen LogP contribution in [0.3, 0.4) is 0 Å². The van der Waals surface area contributed by atoms with E-state index in [1.807, 2.05) is 0 Å². The monoisotopic (exact) mass is 822 g/mol. The van der Waals surface area contributed by atoms with E-state index in [1.54, 1.807) is 0 Å². The van der Waals surface area contributed by atoms with Gasteiger partial charge in [0.1, 0.15) is 11.5 Å². The molecule has 10 rings (SSSR count). The molecule has 0 aliphatic rings. The number of para-hydroxylation sites is 4. The Kier molecular flexibility index (Phi) is 9.47. The molecule has 4 heterocycles. The van der Waals surface area contributed by atoms with Crippen molar-refractivity contribution in [2.24, 2.45) is 0 Å². The summed E-state index contributed by atoms with van der Waals surface area (Å²) in [4.78, 5) is 0. The number of fused-ring (bicyclic) bond motifs is 4. The number of aryl methyl sites for hydroxylation is 8. The third-order valence-corrected chi connectivity index (χ3v) is 15.3. The fourth-order valence-electron chi connectivity index (χ4n) is 8.98. The Morgan fingerprint density at radius 3 is 0.883 bits per heavy atom. The van der Waals surface area contributed by atoms with Gasteiger partial charge in [0.15, 0.2) is 0 Å². The van der Waals surface area contributed by atoms with Gasteiger partial charge >= 0.3 is 16.9 Å². The highest BCUT2D eigenvalue weighted by Gasteiger charge is 2.30. The number of aromatic nitrogens is 4. The van der Waals surface area contributed by atoms with E-state index in [2.05, 4.69) is 219 Å². The predicted octanol–water partition coefficient (Wildman–Crippen LogP) is 15.0. The second-order valence-electron chi connectivity index (χ2n) is 16.3. The van der Waals surface area contributed by atoms with Gasteiger partial charge in [-0.05, 0) is 136 Å². The fourth-order valence-corrected chi connectivity index (χ4v) is 13.1. The topological polar surface area (TPSA) is 38.2 Å². The van der Waals surface area contributed by atoms with Crippen molar-refractivity contribution in [1.82, 2.24) is 17.4 Å². The minimum atomic E-state index is -1.48. The molecule has 0 fully saturated rings. The minimum absolute atomic E-state index is 0.848. The molecule has 0 saturated carbocycles. The van der Waals surface area contributed by atoms with Crippen LogP contribution in [-0.2, 0) is 0 Å². The van der Waals surface area contributed by atoms with Crippen LogP contribution in [0.1, 0.15) is 44.5 Å². The highest BCUT2D eigenvalue weighted by molar-refractivity contribution is 7.50. The number of benzene rings is 6. The molecule has 0 aliphatic heterocycles.